The van der Waals surface area contributed by atoms with Gasteiger partial charge >= 0.3 is 0 Å². The van der Waals surface area contributed by atoms with Crippen molar-refractivity contribution in [2.75, 3.05) is 28.6 Å². The predicted molar refractivity (Wildman–Crippen MR) is 108 cm³/mol. The lowest BCUT2D eigenvalue weighted by Crippen LogP contribution is -2.19. The van der Waals surface area contributed by atoms with Gasteiger partial charge in [-0.3, -0.25) is 19.7 Å². The van der Waals surface area contributed by atoms with Crippen molar-refractivity contribution >= 4 is 34.6 Å². The van der Waals surface area contributed by atoms with Crippen molar-refractivity contribution in [1.29, 1.82) is 0 Å². The molecule has 3 rings (SSSR count). The minimum absolute atomic E-state index is 0.0628. The van der Waals surface area contributed by atoms with E-state index in [1.165, 1.54) is 6.07 Å². The standard InChI is InChI=1S/C20H22N4O4/c1-2-19(25)21-15-6-8-16(9-7-15)22-20(26)14-5-10-17(18(13-14)24(27)28)23-11-3-4-12-23/h5-10,13H,2-4,11-12H2,1H3,(H,21,25)(H,22,26). The summed E-state index contributed by atoms with van der Waals surface area (Å²) >= 11 is 0. The van der Waals surface area contributed by atoms with E-state index >= 15 is 0 Å². The maximum atomic E-state index is 12.5. The molecule has 0 unspecified atom stereocenters. The fourth-order valence-corrected chi connectivity index (χ4v) is 3.13. The van der Waals surface area contributed by atoms with Gasteiger partial charge < -0.3 is 15.5 Å². The number of nitro groups is 1. The second kappa shape index (κ2) is 8.51. The summed E-state index contributed by atoms with van der Waals surface area (Å²) in [5.74, 6) is -0.524. The van der Waals surface area contributed by atoms with E-state index in [0.717, 1.165) is 25.9 Å². The molecule has 8 nitrogen and oxygen atoms in total. The first-order valence-corrected chi connectivity index (χ1v) is 9.22. The van der Waals surface area contributed by atoms with E-state index in [9.17, 15) is 19.7 Å². The van der Waals surface area contributed by atoms with Gasteiger partial charge in [-0.2, -0.15) is 0 Å². The highest BCUT2D eigenvalue weighted by Gasteiger charge is 2.23. The number of hydrogen-bond acceptors (Lipinski definition) is 5. The molecular weight excluding hydrogens is 360 g/mol. The van der Waals surface area contributed by atoms with E-state index in [-0.39, 0.29) is 17.2 Å². The van der Waals surface area contributed by atoms with Gasteiger partial charge in [0, 0.05) is 42.5 Å². The Morgan fingerprint density at radius 2 is 1.64 bits per heavy atom. The summed E-state index contributed by atoms with van der Waals surface area (Å²) in [6.45, 7) is 3.33. The molecule has 0 atom stereocenters. The van der Waals surface area contributed by atoms with Crippen LogP contribution in [0.25, 0.3) is 0 Å². The first-order valence-electron chi connectivity index (χ1n) is 9.22. The second-order valence-electron chi connectivity index (χ2n) is 6.59. The molecule has 0 bridgehead atoms. The minimum Gasteiger partial charge on any atom is -0.366 e. The molecule has 1 heterocycles. The SMILES string of the molecule is CCC(=O)Nc1ccc(NC(=O)c2ccc(N3CCCC3)c([N+](=O)[O-])c2)cc1. The van der Waals surface area contributed by atoms with Crippen molar-refractivity contribution in [3.8, 4) is 0 Å². The van der Waals surface area contributed by atoms with E-state index in [1.54, 1.807) is 43.3 Å². The summed E-state index contributed by atoms with van der Waals surface area (Å²) in [6, 6.07) is 11.3. The van der Waals surface area contributed by atoms with Crippen LogP contribution in [0.3, 0.4) is 0 Å². The number of benzene rings is 2. The fourth-order valence-electron chi connectivity index (χ4n) is 3.13. The van der Waals surface area contributed by atoms with Gasteiger partial charge in [0.25, 0.3) is 11.6 Å². The Labute approximate surface area is 162 Å². The molecule has 146 valence electrons. The van der Waals surface area contributed by atoms with Crippen LogP contribution in [0.1, 0.15) is 36.5 Å². The molecule has 0 aliphatic carbocycles. The molecule has 1 saturated heterocycles. The third-order valence-electron chi connectivity index (χ3n) is 4.63. The molecule has 2 aromatic rings. The van der Waals surface area contributed by atoms with Gasteiger partial charge in [0.2, 0.25) is 5.91 Å². The Hall–Kier alpha value is -3.42. The molecule has 0 aromatic heterocycles. The molecule has 28 heavy (non-hydrogen) atoms. The van der Waals surface area contributed by atoms with Crippen LogP contribution in [-0.4, -0.2) is 29.8 Å². The van der Waals surface area contributed by atoms with Gasteiger partial charge in [-0.05, 0) is 49.2 Å². The summed E-state index contributed by atoms with van der Waals surface area (Å²) in [4.78, 5) is 36.9. The Morgan fingerprint density at radius 3 is 2.21 bits per heavy atom. The number of carbonyl (C=O) groups is 2. The van der Waals surface area contributed by atoms with Gasteiger partial charge in [-0.25, -0.2) is 0 Å². The van der Waals surface area contributed by atoms with Crippen molar-refractivity contribution in [2.24, 2.45) is 0 Å². The van der Waals surface area contributed by atoms with Gasteiger partial charge in [0.15, 0.2) is 0 Å². The van der Waals surface area contributed by atoms with Crippen LogP contribution < -0.4 is 15.5 Å². The zero-order valence-corrected chi connectivity index (χ0v) is 15.6. The lowest BCUT2D eigenvalue weighted by molar-refractivity contribution is -0.384. The maximum absolute atomic E-state index is 12.5. The first-order chi connectivity index (χ1) is 13.5. The van der Waals surface area contributed by atoms with Crippen LogP contribution in [0.15, 0.2) is 42.5 Å². The highest BCUT2D eigenvalue weighted by atomic mass is 16.6. The smallest absolute Gasteiger partial charge is 0.293 e. The number of anilines is 3. The van der Waals surface area contributed by atoms with Crippen LogP contribution in [0.5, 0.6) is 0 Å². The van der Waals surface area contributed by atoms with E-state index in [1.807, 2.05) is 4.90 Å². The molecular formula is C20H22N4O4. The molecule has 0 radical (unpaired) electrons. The number of hydrogen-bond donors (Lipinski definition) is 2. The van der Waals surface area contributed by atoms with Crippen molar-refractivity contribution in [3.05, 3.63) is 58.1 Å². The molecule has 2 amide bonds. The number of carbonyl (C=O) groups excluding carboxylic acids is 2. The highest BCUT2D eigenvalue weighted by Crippen LogP contribution is 2.32. The van der Waals surface area contributed by atoms with E-state index < -0.39 is 10.8 Å². The highest BCUT2D eigenvalue weighted by molar-refractivity contribution is 6.05. The van der Waals surface area contributed by atoms with Crippen LogP contribution in [0.4, 0.5) is 22.7 Å². The molecule has 1 aliphatic rings. The number of rotatable bonds is 6. The van der Waals surface area contributed by atoms with Crippen molar-refractivity contribution in [1.82, 2.24) is 0 Å². The van der Waals surface area contributed by atoms with E-state index in [4.69, 9.17) is 0 Å². The van der Waals surface area contributed by atoms with Gasteiger partial charge in [-0.15, -0.1) is 0 Å². The summed E-state index contributed by atoms with van der Waals surface area (Å²) in [7, 11) is 0. The third kappa shape index (κ3) is 4.46. The number of nitrogens with one attached hydrogen (secondary N) is 2. The maximum Gasteiger partial charge on any atom is 0.293 e. The Bertz CT molecular complexity index is 890. The van der Waals surface area contributed by atoms with Crippen molar-refractivity contribution < 1.29 is 14.5 Å². The predicted octanol–water partition coefficient (Wildman–Crippen LogP) is 3.80. The van der Waals surface area contributed by atoms with Crippen LogP contribution >= 0.6 is 0 Å². The molecule has 1 aliphatic heterocycles. The van der Waals surface area contributed by atoms with E-state index in [0.29, 0.717) is 23.5 Å². The summed E-state index contributed by atoms with van der Waals surface area (Å²) < 4.78 is 0. The minimum atomic E-state index is -0.449. The normalized spacial score (nSPS) is 13.2. The molecule has 8 heteroatoms. The molecule has 2 aromatic carbocycles. The zero-order chi connectivity index (χ0) is 20.1. The first kappa shape index (κ1) is 19.3. The van der Waals surface area contributed by atoms with Crippen LogP contribution in [0, 0.1) is 10.1 Å². The Balaban J connectivity index is 1.74. The summed E-state index contributed by atoms with van der Waals surface area (Å²) in [5, 5.41) is 16.9. The average molecular weight is 382 g/mol. The zero-order valence-electron chi connectivity index (χ0n) is 15.6. The van der Waals surface area contributed by atoms with Crippen molar-refractivity contribution in [3.63, 3.8) is 0 Å². The Kier molecular flexibility index (Phi) is 5.88. The van der Waals surface area contributed by atoms with Crippen LogP contribution in [0.2, 0.25) is 0 Å². The number of nitro benzene ring substituents is 1. The van der Waals surface area contributed by atoms with Gasteiger partial charge in [0.1, 0.15) is 5.69 Å². The summed E-state index contributed by atoms with van der Waals surface area (Å²) in [6.07, 6.45) is 2.40. The van der Waals surface area contributed by atoms with E-state index in [2.05, 4.69) is 10.6 Å². The monoisotopic (exact) mass is 382 g/mol. The van der Waals surface area contributed by atoms with Crippen molar-refractivity contribution in [2.45, 2.75) is 26.2 Å². The van der Waals surface area contributed by atoms with Gasteiger partial charge in [-0.1, -0.05) is 6.92 Å². The molecule has 2 N–H and O–H groups in total. The average Bonchev–Trinajstić information content (AvgIpc) is 3.23. The summed E-state index contributed by atoms with van der Waals surface area (Å²) in [5.41, 5.74) is 1.88. The van der Waals surface area contributed by atoms with Crippen LogP contribution in [-0.2, 0) is 4.79 Å². The third-order valence-corrected chi connectivity index (χ3v) is 4.63. The lowest BCUT2D eigenvalue weighted by Gasteiger charge is -2.17. The molecule has 0 spiro atoms. The largest absolute Gasteiger partial charge is 0.366 e. The Morgan fingerprint density at radius 1 is 1.04 bits per heavy atom. The van der Waals surface area contributed by atoms with Gasteiger partial charge in [0.05, 0.1) is 4.92 Å². The molecule has 1 fully saturated rings. The fraction of sp³-hybridized carbons (Fsp3) is 0.300. The molecule has 0 saturated carbocycles. The topological polar surface area (TPSA) is 105 Å². The quantitative estimate of drug-likeness (QED) is 0.584. The number of amides is 2. The lowest BCUT2D eigenvalue weighted by atomic mass is 10.1. The number of nitrogens with zero attached hydrogens (tertiary/aromatic N) is 2. The second-order valence-corrected chi connectivity index (χ2v) is 6.59.